The van der Waals surface area contributed by atoms with Crippen molar-refractivity contribution in [2.75, 3.05) is 0 Å². The van der Waals surface area contributed by atoms with Gasteiger partial charge in [0.15, 0.2) is 0 Å². The van der Waals surface area contributed by atoms with Crippen LogP contribution in [0.2, 0.25) is 5.02 Å². The van der Waals surface area contributed by atoms with Crippen molar-refractivity contribution < 1.29 is 20.1 Å². The van der Waals surface area contributed by atoms with Crippen molar-refractivity contribution >= 4 is 28.5 Å². The highest BCUT2D eigenvalue weighted by atomic mass is 35.5. The molecule has 6 nitrogen and oxygen atoms in total. The van der Waals surface area contributed by atoms with Crippen molar-refractivity contribution in [2.24, 2.45) is 0 Å². The van der Waals surface area contributed by atoms with E-state index in [4.69, 9.17) is 11.6 Å². The Kier molecular flexibility index (Phi) is 6.14. The Bertz CT molecular complexity index is 1010. The second-order valence-electron chi connectivity index (χ2n) is 6.53. The van der Waals surface area contributed by atoms with Crippen LogP contribution in [0.25, 0.3) is 10.9 Å². The van der Waals surface area contributed by atoms with Crippen LogP contribution in [0.1, 0.15) is 47.3 Å². The number of fused-ring (bicyclic) bond motifs is 1. The number of hydrogen-bond donors (Lipinski definition) is 4. The Morgan fingerprint density at radius 2 is 2.04 bits per heavy atom. The number of aliphatic hydroxyl groups excluding tert-OH is 1. The number of carboxylic acid groups (broad SMARTS) is 1. The molecule has 0 radical (unpaired) electrons. The molecule has 0 bridgehead atoms. The van der Waals surface area contributed by atoms with Crippen molar-refractivity contribution in [3.63, 3.8) is 0 Å². The molecule has 0 spiro atoms. The molecular weight excluding hydrogens is 380 g/mol. The highest BCUT2D eigenvalue weighted by molar-refractivity contribution is 6.35. The Hall–Kier alpha value is -2.67. The maximum absolute atomic E-state index is 11.4. The third kappa shape index (κ3) is 4.09. The van der Waals surface area contributed by atoms with Crippen LogP contribution in [0.5, 0.6) is 5.75 Å². The first-order chi connectivity index (χ1) is 13.4. The zero-order valence-corrected chi connectivity index (χ0v) is 16.0. The Morgan fingerprint density at radius 1 is 1.25 bits per heavy atom. The summed E-state index contributed by atoms with van der Waals surface area (Å²) in [4.78, 5) is 15.6. The van der Waals surface area contributed by atoms with Crippen LogP contribution in [-0.2, 0) is 0 Å². The van der Waals surface area contributed by atoms with Crippen LogP contribution in [0.4, 0.5) is 0 Å². The van der Waals surface area contributed by atoms with E-state index in [2.05, 4.69) is 10.3 Å². The minimum absolute atomic E-state index is 0.0677. The van der Waals surface area contributed by atoms with Crippen LogP contribution in [-0.4, -0.2) is 32.5 Å². The molecule has 0 saturated carbocycles. The number of pyridine rings is 1. The molecule has 3 rings (SSSR count). The van der Waals surface area contributed by atoms with Gasteiger partial charge >= 0.3 is 5.97 Å². The smallest absolute Gasteiger partial charge is 0.335 e. The summed E-state index contributed by atoms with van der Waals surface area (Å²) in [5, 5.41) is 34.6. The van der Waals surface area contributed by atoms with Gasteiger partial charge in [0, 0.05) is 17.1 Å². The highest BCUT2D eigenvalue weighted by Crippen LogP contribution is 2.38. The van der Waals surface area contributed by atoms with Crippen molar-refractivity contribution in [1.82, 2.24) is 10.3 Å². The van der Waals surface area contributed by atoms with Crippen LogP contribution in [0, 0.1) is 0 Å². The number of nitrogens with zero attached hydrogens (tertiary/aromatic N) is 1. The zero-order valence-electron chi connectivity index (χ0n) is 15.3. The number of phenols is 1. The molecule has 4 N–H and O–H groups in total. The molecule has 0 amide bonds. The first-order valence-electron chi connectivity index (χ1n) is 8.95. The van der Waals surface area contributed by atoms with Crippen LogP contribution < -0.4 is 5.32 Å². The van der Waals surface area contributed by atoms with Gasteiger partial charge in [0.1, 0.15) is 17.5 Å². The number of carboxylic acids is 1. The number of rotatable bonds is 7. The lowest BCUT2D eigenvalue weighted by Gasteiger charge is -2.25. The van der Waals surface area contributed by atoms with E-state index in [1.165, 1.54) is 12.1 Å². The molecule has 7 heteroatoms. The molecule has 0 fully saturated rings. The fourth-order valence-corrected chi connectivity index (χ4v) is 3.46. The van der Waals surface area contributed by atoms with Gasteiger partial charge in [-0.05, 0) is 42.3 Å². The maximum Gasteiger partial charge on any atom is 0.335 e. The topological polar surface area (TPSA) is 103 Å². The fourth-order valence-electron chi connectivity index (χ4n) is 3.19. The third-order valence-corrected chi connectivity index (χ3v) is 4.86. The van der Waals surface area contributed by atoms with E-state index in [0.717, 1.165) is 6.42 Å². The number of nitrogens with one attached hydrogen (secondary N) is 1. The SMILES string of the molecule is CCCC(O)NC(c1cccc(C(=O)O)c1)c1cc(Cl)c2cccnc2c1O. The van der Waals surface area contributed by atoms with E-state index < -0.39 is 18.2 Å². The van der Waals surface area contributed by atoms with Gasteiger partial charge in [-0.1, -0.05) is 37.1 Å². The minimum Gasteiger partial charge on any atom is -0.505 e. The highest BCUT2D eigenvalue weighted by Gasteiger charge is 2.24. The van der Waals surface area contributed by atoms with Gasteiger partial charge in [-0.15, -0.1) is 0 Å². The molecule has 1 heterocycles. The first kappa shape index (κ1) is 20.1. The third-order valence-electron chi connectivity index (χ3n) is 4.54. The number of aromatic carboxylic acids is 1. The number of aromatic nitrogens is 1. The number of carbonyl (C=O) groups is 1. The van der Waals surface area contributed by atoms with Crippen LogP contribution in [0.3, 0.4) is 0 Å². The van der Waals surface area contributed by atoms with E-state index in [0.29, 0.717) is 33.5 Å². The Morgan fingerprint density at radius 3 is 2.75 bits per heavy atom. The lowest BCUT2D eigenvalue weighted by Crippen LogP contribution is -2.33. The van der Waals surface area contributed by atoms with Gasteiger partial charge in [0.2, 0.25) is 0 Å². The van der Waals surface area contributed by atoms with Gasteiger partial charge in [-0.2, -0.15) is 0 Å². The molecule has 2 unspecified atom stereocenters. The van der Waals surface area contributed by atoms with Crippen molar-refractivity contribution in [2.45, 2.75) is 32.0 Å². The molecule has 28 heavy (non-hydrogen) atoms. The monoisotopic (exact) mass is 400 g/mol. The van der Waals surface area contributed by atoms with Crippen LogP contribution in [0.15, 0.2) is 48.7 Å². The first-order valence-corrected chi connectivity index (χ1v) is 9.33. The van der Waals surface area contributed by atoms with Crippen molar-refractivity contribution in [3.8, 4) is 5.75 Å². The average molecular weight is 401 g/mol. The van der Waals surface area contributed by atoms with Crippen molar-refractivity contribution in [3.05, 3.63) is 70.4 Å². The number of hydrogen-bond acceptors (Lipinski definition) is 5. The summed E-state index contributed by atoms with van der Waals surface area (Å²) < 4.78 is 0. The number of aliphatic hydroxyl groups is 1. The van der Waals surface area contributed by atoms with Gasteiger partial charge in [0.25, 0.3) is 0 Å². The van der Waals surface area contributed by atoms with Gasteiger partial charge < -0.3 is 15.3 Å². The maximum atomic E-state index is 11.4. The molecule has 0 aliphatic carbocycles. The Balaban J connectivity index is 2.17. The molecular formula is C21H21ClN2O4. The second-order valence-corrected chi connectivity index (χ2v) is 6.94. The van der Waals surface area contributed by atoms with E-state index in [-0.39, 0.29) is 11.3 Å². The normalized spacial score (nSPS) is 13.4. The van der Waals surface area contributed by atoms with Gasteiger partial charge in [-0.3, -0.25) is 10.3 Å². The van der Waals surface area contributed by atoms with E-state index in [1.807, 2.05) is 6.92 Å². The van der Waals surface area contributed by atoms with Crippen molar-refractivity contribution in [1.29, 1.82) is 0 Å². The predicted molar refractivity (Wildman–Crippen MR) is 108 cm³/mol. The van der Waals surface area contributed by atoms with E-state index in [9.17, 15) is 20.1 Å². The summed E-state index contributed by atoms with van der Waals surface area (Å²) in [5.74, 6) is -1.13. The molecule has 2 aromatic carbocycles. The lowest BCUT2D eigenvalue weighted by molar-refractivity contribution is 0.0696. The van der Waals surface area contributed by atoms with E-state index in [1.54, 1.807) is 36.5 Å². The van der Waals surface area contributed by atoms with Gasteiger partial charge in [-0.25, -0.2) is 4.79 Å². The number of phenolic OH excluding ortho intramolecular Hbond substituents is 1. The summed E-state index contributed by atoms with van der Waals surface area (Å²) in [6.07, 6.45) is 1.96. The molecule has 1 aromatic heterocycles. The van der Waals surface area contributed by atoms with Crippen LogP contribution >= 0.6 is 11.6 Å². The molecule has 0 aliphatic rings. The quantitative estimate of drug-likeness (QED) is 0.445. The summed E-state index contributed by atoms with van der Waals surface area (Å²) >= 11 is 6.41. The largest absolute Gasteiger partial charge is 0.505 e. The minimum atomic E-state index is -1.06. The Labute approximate surface area is 167 Å². The summed E-state index contributed by atoms with van der Waals surface area (Å²) in [5.41, 5.74) is 1.44. The zero-order chi connectivity index (χ0) is 20.3. The van der Waals surface area contributed by atoms with Gasteiger partial charge in [0.05, 0.1) is 16.6 Å². The second kappa shape index (κ2) is 8.56. The molecule has 0 saturated heterocycles. The number of aromatic hydroxyl groups is 1. The summed E-state index contributed by atoms with van der Waals surface area (Å²) in [6, 6.07) is 10.8. The summed E-state index contributed by atoms with van der Waals surface area (Å²) in [7, 11) is 0. The molecule has 3 aromatic rings. The van der Waals surface area contributed by atoms with E-state index >= 15 is 0 Å². The standard InChI is InChI=1S/C21H21ClN2O4/c1-2-5-17(25)24-18(12-6-3-7-13(10-12)21(27)28)15-11-16(22)14-8-4-9-23-19(14)20(15)26/h3-4,6-11,17-18,24-26H,2,5H2,1H3,(H,27,28). The predicted octanol–water partition coefficient (Wildman–Crippen LogP) is 4.09. The average Bonchev–Trinajstić information content (AvgIpc) is 2.69. The number of halogens is 1. The molecule has 0 aliphatic heterocycles. The summed E-state index contributed by atoms with van der Waals surface area (Å²) in [6.45, 7) is 1.94. The molecule has 2 atom stereocenters. The lowest BCUT2D eigenvalue weighted by atomic mass is 9.94. The number of benzene rings is 2. The molecule has 146 valence electrons. The fraction of sp³-hybridized carbons (Fsp3) is 0.238.